The quantitative estimate of drug-likeness (QED) is 0.904. The summed E-state index contributed by atoms with van der Waals surface area (Å²) in [6, 6.07) is 13.6. The summed E-state index contributed by atoms with van der Waals surface area (Å²) in [5, 5.41) is 2.92. The maximum Gasteiger partial charge on any atom is 0.226 e. The summed E-state index contributed by atoms with van der Waals surface area (Å²) in [7, 11) is 0. The van der Waals surface area contributed by atoms with Gasteiger partial charge < -0.3 is 10.2 Å². The van der Waals surface area contributed by atoms with Gasteiger partial charge in [0.2, 0.25) is 11.8 Å². The highest BCUT2D eigenvalue weighted by Gasteiger charge is 2.15. The van der Waals surface area contributed by atoms with Crippen molar-refractivity contribution >= 4 is 23.2 Å². The van der Waals surface area contributed by atoms with E-state index in [2.05, 4.69) is 5.32 Å². The molecule has 0 saturated carbocycles. The van der Waals surface area contributed by atoms with Gasteiger partial charge >= 0.3 is 0 Å². The van der Waals surface area contributed by atoms with Crippen LogP contribution in [0.4, 0.5) is 11.4 Å². The molecule has 0 radical (unpaired) electrons. The molecule has 2 rings (SSSR count). The zero-order valence-corrected chi connectivity index (χ0v) is 14.7. The van der Waals surface area contributed by atoms with Crippen LogP contribution in [0.15, 0.2) is 42.5 Å². The highest BCUT2D eigenvalue weighted by molar-refractivity contribution is 5.95. The molecule has 126 valence electrons. The second kappa shape index (κ2) is 7.77. The van der Waals surface area contributed by atoms with Crippen molar-refractivity contribution in [2.75, 3.05) is 16.8 Å². The first-order valence-electron chi connectivity index (χ1n) is 8.09. The predicted molar refractivity (Wildman–Crippen MR) is 98.4 cm³/mol. The molecule has 4 heteroatoms. The maximum absolute atomic E-state index is 12.2. The maximum atomic E-state index is 12.2. The molecule has 0 unspecified atom stereocenters. The molecule has 0 aliphatic carbocycles. The van der Waals surface area contributed by atoms with Crippen LogP contribution in [0, 0.1) is 20.8 Å². The third-order valence-electron chi connectivity index (χ3n) is 4.00. The Morgan fingerprint density at radius 2 is 1.71 bits per heavy atom. The molecule has 0 spiro atoms. The molecule has 0 saturated heterocycles. The molecule has 0 bridgehead atoms. The zero-order chi connectivity index (χ0) is 17.7. The summed E-state index contributed by atoms with van der Waals surface area (Å²) in [6.07, 6.45) is 0.251. The highest BCUT2D eigenvalue weighted by Crippen LogP contribution is 2.20. The molecule has 0 aliphatic heterocycles. The minimum Gasteiger partial charge on any atom is -0.326 e. The summed E-state index contributed by atoms with van der Waals surface area (Å²) in [6.45, 7) is 7.83. The topological polar surface area (TPSA) is 49.4 Å². The molecule has 0 aromatic heterocycles. The Balaban J connectivity index is 2.03. The number of hydrogen-bond acceptors (Lipinski definition) is 2. The van der Waals surface area contributed by atoms with Gasteiger partial charge in [-0.2, -0.15) is 0 Å². The lowest BCUT2D eigenvalue weighted by Crippen LogP contribution is -2.32. The van der Waals surface area contributed by atoms with Gasteiger partial charge in [-0.25, -0.2) is 0 Å². The van der Waals surface area contributed by atoms with Crippen LogP contribution >= 0.6 is 0 Å². The molecule has 2 aromatic rings. The minimum atomic E-state index is -0.0956. The van der Waals surface area contributed by atoms with Crippen LogP contribution in [-0.4, -0.2) is 18.4 Å². The Kier molecular flexibility index (Phi) is 5.74. The van der Waals surface area contributed by atoms with Crippen LogP contribution in [0.1, 0.15) is 30.0 Å². The number of anilines is 2. The van der Waals surface area contributed by atoms with Crippen molar-refractivity contribution in [1.82, 2.24) is 0 Å². The smallest absolute Gasteiger partial charge is 0.226 e. The van der Waals surface area contributed by atoms with Crippen molar-refractivity contribution in [2.24, 2.45) is 0 Å². The van der Waals surface area contributed by atoms with Gasteiger partial charge in [-0.15, -0.1) is 0 Å². The second-order valence-corrected chi connectivity index (χ2v) is 6.07. The summed E-state index contributed by atoms with van der Waals surface area (Å²) >= 11 is 0. The van der Waals surface area contributed by atoms with E-state index in [4.69, 9.17) is 0 Å². The Morgan fingerprint density at radius 1 is 1.00 bits per heavy atom. The Hall–Kier alpha value is -2.62. The number of nitrogens with zero attached hydrogens (tertiary/aromatic N) is 1. The number of amides is 2. The molecule has 0 fully saturated rings. The Labute approximate surface area is 143 Å². The average molecular weight is 324 g/mol. The predicted octanol–water partition coefficient (Wildman–Crippen LogP) is 3.99. The Bertz CT molecular complexity index is 753. The first-order valence-corrected chi connectivity index (χ1v) is 8.09. The van der Waals surface area contributed by atoms with Gasteiger partial charge in [0.05, 0.1) is 0 Å². The molecule has 0 aliphatic rings. The number of aryl methyl sites for hydroxylation is 3. The van der Waals surface area contributed by atoms with Crippen molar-refractivity contribution in [1.29, 1.82) is 0 Å². The van der Waals surface area contributed by atoms with Crippen LogP contribution in [-0.2, 0) is 9.59 Å². The van der Waals surface area contributed by atoms with Gasteiger partial charge in [-0.1, -0.05) is 35.9 Å². The molecular weight excluding hydrogens is 300 g/mol. The number of nitrogens with one attached hydrogen (secondary N) is 1. The van der Waals surface area contributed by atoms with Crippen molar-refractivity contribution in [3.63, 3.8) is 0 Å². The fourth-order valence-electron chi connectivity index (χ4n) is 2.69. The van der Waals surface area contributed by atoms with E-state index in [9.17, 15) is 9.59 Å². The van der Waals surface area contributed by atoms with Crippen LogP contribution in [0.25, 0.3) is 0 Å². The highest BCUT2D eigenvalue weighted by atomic mass is 16.2. The van der Waals surface area contributed by atoms with E-state index in [1.807, 2.05) is 63.2 Å². The molecule has 2 aromatic carbocycles. The largest absolute Gasteiger partial charge is 0.326 e. The number of benzene rings is 2. The van der Waals surface area contributed by atoms with Gasteiger partial charge in [0, 0.05) is 31.3 Å². The number of hydrogen-bond donors (Lipinski definition) is 1. The van der Waals surface area contributed by atoms with Gasteiger partial charge in [0.1, 0.15) is 0 Å². The standard InChI is InChI=1S/C20H24N2O2/c1-14-9-10-18(16(3)13-14)21-20(24)11-12-22(17(4)23)19-8-6-5-7-15(19)2/h5-10,13H,11-12H2,1-4H3,(H,21,24). The van der Waals surface area contributed by atoms with Crippen LogP contribution in [0.3, 0.4) is 0 Å². The SMILES string of the molecule is CC(=O)N(CCC(=O)Nc1ccc(C)cc1C)c1ccccc1C. The zero-order valence-electron chi connectivity index (χ0n) is 14.7. The molecule has 4 nitrogen and oxygen atoms in total. The first-order chi connectivity index (χ1) is 11.4. The van der Waals surface area contributed by atoms with Crippen LogP contribution < -0.4 is 10.2 Å². The first kappa shape index (κ1) is 17.7. The lowest BCUT2D eigenvalue weighted by Gasteiger charge is -2.23. The van der Waals surface area contributed by atoms with E-state index in [0.29, 0.717) is 6.54 Å². The van der Waals surface area contributed by atoms with Gasteiger partial charge in [0.15, 0.2) is 0 Å². The number of carbonyl (C=O) groups excluding carboxylic acids is 2. The second-order valence-electron chi connectivity index (χ2n) is 6.07. The van der Waals surface area contributed by atoms with E-state index >= 15 is 0 Å². The van der Waals surface area contributed by atoms with E-state index in [-0.39, 0.29) is 18.2 Å². The molecule has 24 heavy (non-hydrogen) atoms. The monoisotopic (exact) mass is 324 g/mol. The fourth-order valence-corrected chi connectivity index (χ4v) is 2.69. The van der Waals surface area contributed by atoms with Crippen LogP contribution in [0.2, 0.25) is 0 Å². The summed E-state index contributed by atoms with van der Waals surface area (Å²) in [4.78, 5) is 25.8. The normalized spacial score (nSPS) is 10.3. The summed E-state index contributed by atoms with van der Waals surface area (Å²) in [5.74, 6) is -0.162. The molecule has 0 atom stereocenters. The summed E-state index contributed by atoms with van der Waals surface area (Å²) in [5.41, 5.74) is 4.88. The van der Waals surface area contributed by atoms with E-state index < -0.39 is 0 Å². The average Bonchev–Trinajstić information content (AvgIpc) is 2.51. The van der Waals surface area contributed by atoms with Crippen molar-refractivity contribution in [3.8, 4) is 0 Å². The van der Waals surface area contributed by atoms with Crippen molar-refractivity contribution < 1.29 is 9.59 Å². The third kappa shape index (κ3) is 4.44. The van der Waals surface area contributed by atoms with Gasteiger partial charge in [-0.05, 0) is 44.0 Å². The van der Waals surface area contributed by atoms with E-state index in [1.54, 1.807) is 4.90 Å². The van der Waals surface area contributed by atoms with E-state index in [0.717, 1.165) is 28.1 Å². The van der Waals surface area contributed by atoms with Crippen LogP contribution in [0.5, 0.6) is 0 Å². The number of para-hydroxylation sites is 1. The minimum absolute atomic E-state index is 0.0661. The van der Waals surface area contributed by atoms with Crippen molar-refractivity contribution in [2.45, 2.75) is 34.1 Å². The van der Waals surface area contributed by atoms with Crippen molar-refractivity contribution in [3.05, 3.63) is 59.2 Å². The lowest BCUT2D eigenvalue weighted by molar-refractivity contribution is -0.117. The Morgan fingerprint density at radius 3 is 2.33 bits per heavy atom. The fraction of sp³-hybridized carbons (Fsp3) is 0.300. The van der Waals surface area contributed by atoms with Gasteiger partial charge in [-0.3, -0.25) is 9.59 Å². The number of rotatable bonds is 5. The molecule has 1 N–H and O–H groups in total. The van der Waals surface area contributed by atoms with Gasteiger partial charge in [0.25, 0.3) is 0 Å². The van der Waals surface area contributed by atoms with E-state index in [1.165, 1.54) is 6.92 Å². The molecular formula is C20H24N2O2. The lowest BCUT2D eigenvalue weighted by atomic mass is 10.1. The number of carbonyl (C=O) groups is 2. The molecule has 2 amide bonds. The molecule has 0 heterocycles. The summed E-state index contributed by atoms with van der Waals surface area (Å²) < 4.78 is 0. The third-order valence-corrected chi connectivity index (χ3v) is 4.00.